The summed E-state index contributed by atoms with van der Waals surface area (Å²) in [7, 11) is -3.16. The Morgan fingerprint density at radius 1 is 1.23 bits per heavy atom. The van der Waals surface area contributed by atoms with E-state index in [2.05, 4.69) is 27.5 Å². The third-order valence-electron chi connectivity index (χ3n) is 3.42. The maximum Gasteiger partial charge on any atom is 0.191 e. The van der Waals surface area contributed by atoms with Gasteiger partial charge in [-0.15, -0.1) is 35.3 Å². The second-order valence-corrected chi connectivity index (χ2v) is 8.99. The van der Waals surface area contributed by atoms with Crippen molar-refractivity contribution >= 4 is 51.1 Å². The third kappa shape index (κ3) is 7.58. The van der Waals surface area contributed by atoms with Crippen LogP contribution in [0.2, 0.25) is 0 Å². The molecule has 9 heteroatoms. The van der Waals surface area contributed by atoms with E-state index in [1.807, 2.05) is 13.1 Å². The van der Waals surface area contributed by atoms with E-state index in [0.29, 0.717) is 11.4 Å². The van der Waals surface area contributed by atoms with Crippen LogP contribution in [-0.4, -0.2) is 38.7 Å². The van der Waals surface area contributed by atoms with Gasteiger partial charge < -0.3 is 10.6 Å². The predicted molar refractivity (Wildman–Crippen MR) is 118 cm³/mol. The molecule has 2 rings (SSSR count). The molecule has 1 aromatic heterocycles. The van der Waals surface area contributed by atoms with Crippen LogP contribution in [0.15, 0.2) is 40.4 Å². The number of rotatable bonds is 7. The van der Waals surface area contributed by atoms with E-state index in [4.69, 9.17) is 0 Å². The number of nitrogens with zero attached hydrogens (tertiary/aromatic N) is 2. The molecule has 26 heavy (non-hydrogen) atoms. The standard InChI is InChI=1S/C17H24N4O2S2.HI/c1-4-18-17(19-10-9-16-20-11-13(2)24-16)21-12-14-5-7-15(8-6-14)25(3,22)23;/h5-8,11H,4,9-10,12H2,1-3H3,(H2,18,19,21);1H. The molecule has 1 aromatic carbocycles. The van der Waals surface area contributed by atoms with Crippen molar-refractivity contribution in [3.63, 3.8) is 0 Å². The average Bonchev–Trinajstić information content (AvgIpc) is 2.97. The van der Waals surface area contributed by atoms with E-state index < -0.39 is 9.84 Å². The van der Waals surface area contributed by atoms with Crippen molar-refractivity contribution in [1.82, 2.24) is 15.6 Å². The lowest BCUT2D eigenvalue weighted by Crippen LogP contribution is -2.38. The number of hydrogen-bond acceptors (Lipinski definition) is 5. The highest BCUT2D eigenvalue weighted by Crippen LogP contribution is 2.12. The molecule has 144 valence electrons. The van der Waals surface area contributed by atoms with E-state index in [-0.39, 0.29) is 24.0 Å². The number of aryl methyl sites for hydroxylation is 1. The first-order valence-corrected chi connectivity index (χ1v) is 10.8. The van der Waals surface area contributed by atoms with Gasteiger partial charge in [0.1, 0.15) is 0 Å². The Hall–Kier alpha value is -1.20. The maximum atomic E-state index is 11.5. The molecule has 0 spiro atoms. The molecule has 0 aliphatic rings. The van der Waals surface area contributed by atoms with Crippen molar-refractivity contribution in [2.24, 2.45) is 4.99 Å². The summed E-state index contributed by atoms with van der Waals surface area (Å²) >= 11 is 1.71. The molecular formula is C17H25IN4O2S2. The van der Waals surface area contributed by atoms with Crippen LogP contribution in [0.25, 0.3) is 0 Å². The van der Waals surface area contributed by atoms with Crippen LogP contribution in [0.4, 0.5) is 0 Å². The first-order chi connectivity index (χ1) is 11.9. The zero-order chi connectivity index (χ0) is 18.3. The molecule has 0 saturated heterocycles. The van der Waals surface area contributed by atoms with Crippen molar-refractivity contribution in [2.45, 2.75) is 31.7 Å². The molecular weight excluding hydrogens is 483 g/mol. The van der Waals surface area contributed by atoms with Gasteiger partial charge in [0.15, 0.2) is 15.8 Å². The van der Waals surface area contributed by atoms with Crippen molar-refractivity contribution in [3.8, 4) is 0 Å². The number of benzene rings is 1. The van der Waals surface area contributed by atoms with Crippen LogP contribution in [0.1, 0.15) is 22.4 Å². The molecule has 0 saturated carbocycles. The molecule has 2 aromatic rings. The van der Waals surface area contributed by atoms with Crippen molar-refractivity contribution < 1.29 is 8.42 Å². The zero-order valence-corrected chi connectivity index (χ0v) is 19.1. The molecule has 0 unspecified atom stereocenters. The molecule has 0 amide bonds. The van der Waals surface area contributed by atoms with Gasteiger partial charge in [0.05, 0.1) is 16.4 Å². The fraction of sp³-hybridized carbons (Fsp3) is 0.412. The normalized spacial score (nSPS) is 11.7. The SMILES string of the molecule is CCNC(=NCc1ccc(S(C)(=O)=O)cc1)NCCc1ncc(C)s1.I. The van der Waals surface area contributed by atoms with Crippen LogP contribution >= 0.6 is 35.3 Å². The largest absolute Gasteiger partial charge is 0.357 e. The second kappa shape index (κ2) is 10.8. The first kappa shape index (κ1) is 22.8. The minimum Gasteiger partial charge on any atom is -0.357 e. The number of guanidine groups is 1. The van der Waals surface area contributed by atoms with Crippen molar-refractivity contribution in [2.75, 3.05) is 19.3 Å². The summed E-state index contributed by atoms with van der Waals surface area (Å²) in [5, 5.41) is 7.61. The van der Waals surface area contributed by atoms with E-state index >= 15 is 0 Å². The number of thiazole rings is 1. The summed E-state index contributed by atoms with van der Waals surface area (Å²) in [6.07, 6.45) is 3.95. The van der Waals surface area contributed by atoms with Crippen LogP contribution < -0.4 is 10.6 Å². The highest BCUT2D eigenvalue weighted by molar-refractivity contribution is 14.0. The lowest BCUT2D eigenvalue weighted by molar-refractivity contribution is 0.602. The van der Waals surface area contributed by atoms with Gasteiger partial charge in [0.2, 0.25) is 0 Å². The molecule has 0 aliphatic heterocycles. The topological polar surface area (TPSA) is 83.5 Å². The first-order valence-electron chi connectivity index (χ1n) is 8.11. The summed E-state index contributed by atoms with van der Waals surface area (Å²) in [4.78, 5) is 10.4. The summed E-state index contributed by atoms with van der Waals surface area (Å²) in [5.41, 5.74) is 0.958. The lowest BCUT2D eigenvalue weighted by Gasteiger charge is -2.10. The molecule has 0 fully saturated rings. The Morgan fingerprint density at radius 3 is 2.46 bits per heavy atom. The van der Waals surface area contributed by atoms with Crippen LogP contribution in [0.3, 0.4) is 0 Å². The van der Waals surface area contributed by atoms with Gasteiger partial charge in [-0.1, -0.05) is 12.1 Å². The lowest BCUT2D eigenvalue weighted by atomic mass is 10.2. The Morgan fingerprint density at radius 2 is 1.92 bits per heavy atom. The fourth-order valence-electron chi connectivity index (χ4n) is 2.16. The van der Waals surface area contributed by atoms with E-state index in [0.717, 1.165) is 36.0 Å². The van der Waals surface area contributed by atoms with Gasteiger partial charge in [0.25, 0.3) is 0 Å². The minimum atomic E-state index is -3.16. The predicted octanol–water partition coefficient (Wildman–Crippen LogP) is 2.77. The highest BCUT2D eigenvalue weighted by atomic mass is 127. The maximum absolute atomic E-state index is 11.5. The smallest absolute Gasteiger partial charge is 0.191 e. The van der Waals surface area contributed by atoms with Gasteiger partial charge in [-0.25, -0.2) is 18.4 Å². The van der Waals surface area contributed by atoms with Crippen molar-refractivity contribution in [1.29, 1.82) is 0 Å². The molecule has 0 aliphatic carbocycles. The fourth-order valence-corrected chi connectivity index (χ4v) is 3.58. The number of aromatic nitrogens is 1. The van der Waals surface area contributed by atoms with Gasteiger partial charge in [0, 0.05) is 36.8 Å². The number of hydrogen-bond donors (Lipinski definition) is 2. The summed E-state index contributed by atoms with van der Waals surface area (Å²) < 4.78 is 23.0. The van der Waals surface area contributed by atoms with Gasteiger partial charge in [-0.05, 0) is 31.5 Å². The third-order valence-corrected chi connectivity index (χ3v) is 5.52. The number of aliphatic imine (C=N–C) groups is 1. The number of sulfone groups is 1. The van der Waals surface area contributed by atoms with Gasteiger partial charge >= 0.3 is 0 Å². The quantitative estimate of drug-likeness (QED) is 0.342. The molecule has 0 atom stereocenters. The number of halogens is 1. The van der Waals surface area contributed by atoms with Crippen LogP contribution in [0, 0.1) is 6.92 Å². The molecule has 0 radical (unpaired) electrons. The molecule has 0 bridgehead atoms. The molecule has 6 nitrogen and oxygen atoms in total. The van der Waals surface area contributed by atoms with E-state index in [1.165, 1.54) is 11.1 Å². The number of nitrogens with one attached hydrogen (secondary N) is 2. The Bertz CT molecular complexity index is 818. The van der Waals surface area contributed by atoms with Gasteiger partial charge in [-0.3, -0.25) is 0 Å². The summed E-state index contributed by atoms with van der Waals surface area (Å²) in [5.74, 6) is 0.739. The second-order valence-electron chi connectivity index (χ2n) is 5.65. The van der Waals surface area contributed by atoms with Gasteiger partial charge in [-0.2, -0.15) is 0 Å². The Balaban J connectivity index is 0.00000338. The highest BCUT2D eigenvalue weighted by Gasteiger charge is 2.06. The van der Waals surface area contributed by atoms with E-state index in [1.54, 1.807) is 35.6 Å². The Kier molecular flexibility index (Phi) is 9.51. The monoisotopic (exact) mass is 508 g/mol. The van der Waals surface area contributed by atoms with E-state index in [9.17, 15) is 8.42 Å². The summed E-state index contributed by atoms with van der Waals surface area (Å²) in [6, 6.07) is 6.82. The molecule has 2 N–H and O–H groups in total. The zero-order valence-electron chi connectivity index (χ0n) is 15.2. The molecule has 1 heterocycles. The summed E-state index contributed by atoms with van der Waals surface area (Å²) in [6.45, 7) is 6.08. The minimum absolute atomic E-state index is 0. The van der Waals surface area contributed by atoms with Crippen molar-refractivity contribution in [3.05, 3.63) is 45.9 Å². The van der Waals surface area contributed by atoms with Crippen LogP contribution in [-0.2, 0) is 22.8 Å². The average molecular weight is 508 g/mol. The Labute approximate surface area is 176 Å². The van der Waals surface area contributed by atoms with Crippen LogP contribution in [0.5, 0.6) is 0 Å².